The van der Waals surface area contributed by atoms with Crippen LogP contribution in [0.2, 0.25) is 0 Å². The van der Waals surface area contributed by atoms with Crippen LogP contribution < -0.4 is 0 Å². The zero-order chi connectivity index (χ0) is 15.5. The van der Waals surface area contributed by atoms with Crippen LogP contribution in [0.5, 0.6) is 5.75 Å². The predicted octanol–water partition coefficient (Wildman–Crippen LogP) is 2.54. The van der Waals surface area contributed by atoms with Gasteiger partial charge in [-0.15, -0.1) is 0 Å². The van der Waals surface area contributed by atoms with Crippen LogP contribution >= 0.6 is 0 Å². The summed E-state index contributed by atoms with van der Waals surface area (Å²) in [5, 5.41) is 17.7. The number of phenolic OH excluding ortho intramolecular Hbond substituents is 1. The third-order valence-corrected chi connectivity index (χ3v) is 2.70. The van der Waals surface area contributed by atoms with Gasteiger partial charge in [-0.05, 0) is 13.0 Å². The Balaban J connectivity index is 3.02. The normalized spacial score (nSPS) is 13.5. The molecular weight excluding hydrogens is 282 g/mol. The molecule has 1 aromatic carbocycles. The molecule has 4 nitrogen and oxygen atoms in total. The predicted molar refractivity (Wildman–Crippen MR) is 61.7 cm³/mol. The van der Waals surface area contributed by atoms with E-state index < -0.39 is 37.1 Å². The van der Waals surface area contributed by atoms with Gasteiger partial charge < -0.3 is 10.2 Å². The number of halogens is 4. The van der Waals surface area contributed by atoms with Gasteiger partial charge in [-0.1, -0.05) is 6.07 Å². The van der Waals surface area contributed by atoms with E-state index in [1.807, 2.05) is 0 Å². The van der Waals surface area contributed by atoms with Crippen LogP contribution in [-0.2, 0) is 4.79 Å². The van der Waals surface area contributed by atoms with Crippen molar-refractivity contribution in [3.05, 3.63) is 29.6 Å². The number of aliphatic carboxylic acids is 1. The largest absolute Gasteiger partial charge is 0.508 e. The molecule has 2 N–H and O–H groups in total. The highest BCUT2D eigenvalue weighted by Crippen LogP contribution is 2.28. The average Bonchev–Trinajstić information content (AvgIpc) is 2.24. The standard InChI is InChI=1S/C12H13F4NO3/c1-7(9-3-2-8(18)4-10(9)13)17(5-11(19)20)6-12(14,15)16/h2-4,7,18H,5-6H2,1H3,(H,19,20). The van der Waals surface area contributed by atoms with Crippen molar-refractivity contribution in [1.29, 1.82) is 0 Å². The van der Waals surface area contributed by atoms with E-state index in [0.29, 0.717) is 4.90 Å². The summed E-state index contributed by atoms with van der Waals surface area (Å²) >= 11 is 0. The minimum atomic E-state index is -4.60. The molecule has 0 aliphatic carbocycles. The highest BCUT2D eigenvalue weighted by atomic mass is 19.4. The zero-order valence-corrected chi connectivity index (χ0v) is 10.5. The molecule has 8 heteroatoms. The second kappa shape index (κ2) is 6.08. The molecule has 0 bridgehead atoms. The maximum Gasteiger partial charge on any atom is 0.401 e. The van der Waals surface area contributed by atoms with Crippen molar-refractivity contribution >= 4 is 5.97 Å². The molecule has 0 aliphatic rings. The van der Waals surface area contributed by atoms with Gasteiger partial charge in [0, 0.05) is 17.7 Å². The second-order valence-corrected chi connectivity index (χ2v) is 4.30. The molecular formula is C12H13F4NO3. The molecule has 0 radical (unpaired) electrons. The molecule has 0 fully saturated rings. The van der Waals surface area contributed by atoms with E-state index in [2.05, 4.69) is 0 Å². The van der Waals surface area contributed by atoms with E-state index in [0.717, 1.165) is 18.2 Å². The monoisotopic (exact) mass is 295 g/mol. The van der Waals surface area contributed by atoms with Gasteiger partial charge in [-0.3, -0.25) is 9.69 Å². The van der Waals surface area contributed by atoms with Gasteiger partial charge in [0.2, 0.25) is 0 Å². The third-order valence-electron chi connectivity index (χ3n) is 2.70. The summed E-state index contributed by atoms with van der Waals surface area (Å²) in [6, 6.07) is 1.91. The number of rotatable bonds is 5. The lowest BCUT2D eigenvalue weighted by Gasteiger charge is -2.28. The summed E-state index contributed by atoms with van der Waals surface area (Å²) in [5.74, 6) is -2.70. The fourth-order valence-electron chi connectivity index (χ4n) is 1.79. The van der Waals surface area contributed by atoms with Gasteiger partial charge in [-0.25, -0.2) is 4.39 Å². The summed E-state index contributed by atoms with van der Waals surface area (Å²) in [6.45, 7) is -1.08. The topological polar surface area (TPSA) is 60.8 Å². The van der Waals surface area contributed by atoms with Crippen LogP contribution in [0, 0.1) is 5.82 Å². The number of benzene rings is 1. The number of carboxylic acids is 1. The van der Waals surface area contributed by atoms with Crippen LogP contribution in [0.1, 0.15) is 18.5 Å². The Labute approximate surface area is 112 Å². The summed E-state index contributed by atoms with van der Waals surface area (Å²) in [6.07, 6.45) is -4.60. The number of phenols is 1. The molecule has 1 rings (SSSR count). The summed E-state index contributed by atoms with van der Waals surface area (Å²) in [7, 11) is 0. The van der Waals surface area contributed by atoms with Gasteiger partial charge in [0.25, 0.3) is 0 Å². The Kier molecular flexibility index (Phi) is 4.93. The first-order valence-electron chi connectivity index (χ1n) is 5.61. The molecule has 0 saturated heterocycles. The van der Waals surface area contributed by atoms with E-state index in [-0.39, 0.29) is 11.3 Å². The van der Waals surface area contributed by atoms with Gasteiger partial charge in [0.05, 0.1) is 13.1 Å². The lowest BCUT2D eigenvalue weighted by atomic mass is 10.1. The van der Waals surface area contributed by atoms with Crippen molar-refractivity contribution < 1.29 is 32.6 Å². The molecule has 1 atom stereocenters. The van der Waals surface area contributed by atoms with Crippen LogP contribution in [0.25, 0.3) is 0 Å². The van der Waals surface area contributed by atoms with Crippen molar-refractivity contribution in [2.24, 2.45) is 0 Å². The maximum atomic E-state index is 13.6. The van der Waals surface area contributed by atoms with Crippen LogP contribution in [0.15, 0.2) is 18.2 Å². The second-order valence-electron chi connectivity index (χ2n) is 4.30. The van der Waals surface area contributed by atoms with E-state index in [4.69, 9.17) is 10.2 Å². The Morgan fingerprint density at radius 2 is 2.00 bits per heavy atom. The Morgan fingerprint density at radius 1 is 1.40 bits per heavy atom. The number of carboxylic acid groups (broad SMARTS) is 1. The van der Waals surface area contributed by atoms with Gasteiger partial charge in [-0.2, -0.15) is 13.2 Å². The molecule has 1 unspecified atom stereocenters. The van der Waals surface area contributed by atoms with Crippen LogP contribution in [0.4, 0.5) is 17.6 Å². The minimum Gasteiger partial charge on any atom is -0.508 e. The van der Waals surface area contributed by atoms with Crippen molar-refractivity contribution in [1.82, 2.24) is 4.90 Å². The first kappa shape index (κ1) is 16.2. The number of aromatic hydroxyl groups is 1. The van der Waals surface area contributed by atoms with Gasteiger partial charge in [0.1, 0.15) is 11.6 Å². The highest BCUT2D eigenvalue weighted by Gasteiger charge is 2.34. The number of nitrogens with zero attached hydrogens (tertiary/aromatic N) is 1. The lowest BCUT2D eigenvalue weighted by molar-refractivity contribution is -0.158. The molecule has 0 amide bonds. The van der Waals surface area contributed by atoms with E-state index in [1.54, 1.807) is 0 Å². The molecule has 0 aromatic heterocycles. The smallest absolute Gasteiger partial charge is 0.401 e. The fraction of sp³-hybridized carbons (Fsp3) is 0.417. The number of alkyl halides is 3. The average molecular weight is 295 g/mol. The van der Waals surface area contributed by atoms with Crippen molar-refractivity contribution in [3.8, 4) is 5.75 Å². The summed E-state index contributed by atoms with van der Waals surface area (Å²) in [4.78, 5) is 11.2. The molecule has 1 aromatic rings. The SMILES string of the molecule is CC(c1ccc(O)cc1F)N(CC(=O)O)CC(F)(F)F. The fourth-order valence-corrected chi connectivity index (χ4v) is 1.79. The van der Waals surface area contributed by atoms with Gasteiger partial charge in [0.15, 0.2) is 0 Å². The number of hydrogen-bond acceptors (Lipinski definition) is 3. The number of hydrogen-bond donors (Lipinski definition) is 2. The summed E-state index contributed by atoms with van der Waals surface area (Å²) in [5.41, 5.74) is -0.117. The molecule has 0 spiro atoms. The van der Waals surface area contributed by atoms with Crippen LogP contribution in [0.3, 0.4) is 0 Å². The van der Waals surface area contributed by atoms with Crippen LogP contribution in [-0.4, -0.2) is 40.3 Å². The summed E-state index contributed by atoms with van der Waals surface area (Å²) < 4.78 is 50.9. The quantitative estimate of drug-likeness (QED) is 0.820. The molecule has 20 heavy (non-hydrogen) atoms. The number of carbonyl (C=O) groups is 1. The first-order valence-corrected chi connectivity index (χ1v) is 5.61. The van der Waals surface area contributed by atoms with E-state index in [9.17, 15) is 22.4 Å². The van der Waals surface area contributed by atoms with E-state index in [1.165, 1.54) is 6.92 Å². The van der Waals surface area contributed by atoms with E-state index >= 15 is 0 Å². The Hall–Kier alpha value is -1.83. The lowest BCUT2D eigenvalue weighted by Crippen LogP contribution is -2.39. The zero-order valence-electron chi connectivity index (χ0n) is 10.5. The van der Waals surface area contributed by atoms with Crippen molar-refractivity contribution in [2.75, 3.05) is 13.1 Å². The molecule has 0 aliphatic heterocycles. The highest BCUT2D eigenvalue weighted by molar-refractivity contribution is 5.69. The third kappa shape index (κ3) is 4.69. The van der Waals surface area contributed by atoms with Gasteiger partial charge >= 0.3 is 12.1 Å². The Bertz CT molecular complexity index is 490. The van der Waals surface area contributed by atoms with Crippen molar-refractivity contribution in [2.45, 2.75) is 19.1 Å². The first-order chi connectivity index (χ1) is 9.10. The molecule has 112 valence electrons. The molecule has 0 saturated carbocycles. The van der Waals surface area contributed by atoms with Crippen molar-refractivity contribution in [3.63, 3.8) is 0 Å². The minimum absolute atomic E-state index is 0.117. The Morgan fingerprint density at radius 3 is 2.45 bits per heavy atom. The molecule has 0 heterocycles. The maximum absolute atomic E-state index is 13.6.